The molecule has 0 bridgehead atoms. The molecule has 0 saturated heterocycles. The van der Waals surface area contributed by atoms with E-state index in [1.54, 1.807) is 18.2 Å². The van der Waals surface area contributed by atoms with E-state index in [1.807, 2.05) is 6.92 Å². The zero-order chi connectivity index (χ0) is 12.4. The fraction of sp³-hybridized carbons (Fsp3) is 0.0909. The molecule has 2 rings (SSSR count). The van der Waals surface area contributed by atoms with Gasteiger partial charge in [0.1, 0.15) is 4.88 Å². The molecule has 0 saturated carbocycles. The maximum Gasteiger partial charge on any atom is 0.267 e. The van der Waals surface area contributed by atoms with Gasteiger partial charge in [-0.2, -0.15) is 0 Å². The SMILES string of the molecule is Cc1ncc(C(=O)Nc2cc(Cl)ccc2Cl)s1. The van der Waals surface area contributed by atoms with Crippen LogP contribution < -0.4 is 5.32 Å². The highest BCUT2D eigenvalue weighted by molar-refractivity contribution is 7.13. The summed E-state index contributed by atoms with van der Waals surface area (Å²) in [5, 5.41) is 4.50. The third-order valence-electron chi connectivity index (χ3n) is 2.02. The highest BCUT2D eigenvalue weighted by atomic mass is 35.5. The smallest absolute Gasteiger partial charge is 0.267 e. The second-order valence-corrected chi connectivity index (χ2v) is 5.40. The molecule has 88 valence electrons. The van der Waals surface area contributed by atoms with Crippen molar-refractivity contribution in [3.05, 3.63) is 44.3 Å². The number of hydrogen-bond acceptors (Lipinski definition) is 3. The van der Waals surface area contributed by atoms with Crippen LogP contribution in [0.5, 0.6) is 0 Å². The monoisotopic (exact) mass is 286 g/mol. The molecule has 0 atom stereocenters. The number of carbonyl (C=O) groups is 1. The van der Waals surface area contributed by atoms with Crippen LogP contribution in [0.25, 0.3) is 0 Å². The number of thiazole rings is 1. The summed E-state index contributed by atoms with van der Waals surface area (Å²) in [5.41, 5.74) is 0.496. The van der Waals surface area contributed by atoms with E-state index in [-0.39, 0.29) is 5.91 Å². The van der Waals surface area contributed by atoms with Crippen molar-refractivity contribution in [1.29, 1.82) is 0 Å². The van der Waals surface area contributed by atoms with Crippen molar-refractivity contribution < 1.29 is 4.79 Å². The van der Waals surface area contributed by atoms with Crippen LogP contribution in [0.4, 0.5) is 5.69 Å². The molecule has 0 fully saturated rings. The van der Waals surface area contributed by atoms with Gasteiger partial charge in [0, 0.05) is 5.02 Å². The number of nitrogens with zero attached hydrogens (tertiary/aromatic N) is 1. The predicted molar refractivity (Wildman–Crippen MR) is 71.3 cm³/mol. The molecule has 0 radical (unpaired) electrons. The largest absolute Gasteiger partial charge is 0.320 e. The molecule has 0 aliphatic carbocycles. The van der Waals surface area contributed by atoms with Gasteiger partial charge in [-0.25, -0.2) is 4.98 Å². The lowest BCUT2D eigenvalue weighted by atomic mass is 10.3. The van der Waals surface area contributed by atoms with Crippen molar-refractivity contribution in [3.8, 4) is 0 Å². The van der Waals surface area contributed by atoms with E-state index in [0.717, 1.165) is 5.01 Å². The summed E-state index contributed by atoms with van der Waals surface area (Å²) in [5.74, 6) is -0.236. The lowest BCUT2D eigenvalue weighted by Crippen LogP contribution is -2.10. The Bertz CT molecular complexity index is 568. The van der Waals surface area contributed by atoms with E-state index >= 15 is 0 Å². The molecule has 0 spiro atoms. The third kappa shape index (κ3) is 2.97. The Labute approximate surface area is 112 Å². The van der Waals surface area contributed by atoms with Crippen LogP contribution in [0.15, 0.2) is 24.4 Å². The van der Waals surface area contributed by atoms with Gasteiger partial charge in [0.05, 0.1) is 21.9 Å². The zero-order valence-electron chi connectivity index (χ0n) is 8.83. The van der Waals surface area contributed by atoms with Crippen molar-refractivity contribution in [2.24, 2.45) is 0 Å². The summed E-state index contributed by atoms with van der Waals surface area (Å²) >= 11 is 13.1. The number of halogens is 2. The number of nitrogens with one attached hydrogen (secondary N) is 1. The summed E-state index contributed by atoms with van der Waals surface area (Å²) in [6, 6.07) is 4.91. The van der Waals surface area contributed by atoms with Crippen LogP contribution in [0, 0.1) is 6.92 Å². The van der Waals surface area contributed by atoms with E-state index in [1.165, 1.54) is 17.5 Å². The number of carbonyl (C=O) groups excluding carboxylic acids is 1. The second kappa shape index (κ2) is 5.04. The standard InChI is InChI=1S/C11H8Cl2N2OS/c1-6-14-5-10(17-6)11(16)15-9-4-7(12)2-3-8(9)13/h2-5H,1H3,(H,15,16). The van der Waals surface area contributed by atoms with Crippen LogP contribution >= 0.6 is 34.5 Å². The molecule has 1 amide bonds. The van der Waals surface area contributed by atoms with Gasteiger partial charge >= 0.3 is 0 Å². The summed E-state index contributed by atoms with van der Waals surface area (Å²) in [4.78, 5) is 16.4. The van der Waals surface area contributed by atoms with Gasteiger partial charge in [0.2, 0.25) is 0 Å². The number of hydrogen-bond donors (Lipinski definition) is 1. The molecule has 1 aromatic carbocycles. The molecule has 3 nitrogen and oxygen atoms in total. The van der Waals surface area contributed by atoms with E-state index < -0.39 is 0 Å². The number of aromatic nitrogens is 1. The molecular formula is C11H8Cl2N2OS. The Morgan fingerprint density at radius 2 is 2.18 bits per heavy atom. The van der Waals surface area contributed by atoms with Crippen molar-refractivity contribution in [3.63, 3.8) is 0 Å². The maximum absolute atomic E-state index is 11.8. The quantitative estimate of drug-likeness (QED) is 0.906. The number of benzene rings is 1. The summed E-state index contributed by atoms with van der Waals surface area (Å²) in [6.07, 6.45) is 1.54. The maximum atomic E-state index is 11.8. The van der Waals surface area contributed by atoms with E-state index in [4.69, 9.17) is 23.2 Å². The molecular weight excluding hydrogens is 279 g/mol. The average molecular weight is 287 g/mol. The van der Waals surface area contributed by atoms with E-state index in [2.05, 4.69) is 10.3 Å². The number of anilines is 1. The summed E-state index contributed by atoms with van der Waals surface area (Å²) in [6.45, 7) is 1.84. The van der Waals surface area contributed by atoms with Crippen LogP contribution in [-0.2, 0) is 0 Å². The topological polar surface area (TPSA) is 42.0 Å². The first-order valence-corrected chi connectivity index (χ1v) is 6.32. The summed E-state index contributed by atoms with van der Waals surface area (Å²) in [7, 11) is 0. The highest BCUT2D eigenvalue weighted by Gasteiger charge is 2.11. The first kappa shape index (κ1) is 12.4. The first-order chi connectivity index (χ1) is 8.06. The number of amides is 1. The Morgan fingerprint density at radius 1 is 1.41 bits per heavy atom. The lowest BCUT2D eigenvalue weighted by Gasteiger charge is -2.05. The van der Waals surface area contributed by atoms with Gasteiger partial charge in [0.25, 0.3) is 5.91 Å². The minimum Gasteiger partial charge on any atom is -0.320 e. The van der Waals surface area contributed by atoms with Gasteiger partial charge in [-0.1, -0.05) is 23.2 Å². The normalized spacial score (nSPS) is 10.3. The molecule has 0 unspecified atom stereocenters. The molecule has 0 aliphatic rings. The Morgan fingerprint density at radius 3 is 2.82 bits per heavy atom. The fourth-order valence-corrected chi connectivity index (χ4v) is 2.25. The van der Waals surface area contributed by atoms with Crippen LogP contribution in [0.1, 0.15) is 14.7 Å². The van der Waals surface area contributed by atoms with E-state index in [9.17, 15) is 4.79 Å². The molecule has 1 N–H and O–H groups in total. The van der Waals surface area contributed by atoms with Gasteiger partial charge in [-0.05, 0) is 25.1 Å². The third-order valence-corrected chi connectivity index (χ3v) is 3.50. The predicted octanol–water partition coefficient (Wildman–Crippen LogP) is 4.01. The molecule has 6 heteroatoms. The fourth-order valence-electron chi connectivity index (χ4n) is 1.24. The Hall–Kier alpha value is -1.10. The number of aryl methyl sites for hydroxylation is 1. The minimum atomic E-state index is -0.236. The molecule has 2 aromatic rings. The second-order valence-electron chi connectivity index (χ2n) is 3.32. The van der Waals surface area contributed by atoms with Gasteiger partial charge in [0.15, 0.2) is 0 Å². The first-order valence-electron chi connectivity index (χ1n) is 4.75. The lowest BCUT2D eigenvalue weighted by molar-refractivity contribution is 0.103. The van der Waals surface area contributed by atoms with Gasteiger partial charge < -0.3 is 5.32 Å². The Balaban J connectivity index is 2.21. The van der Waals surface area contributed by atoms with Crippen molar-refractivity contribution in [2.45, 2.75) is 6.92 Å². The average Bonchev–Trinajstić information content (AvgIpc) is 2.70. The van der Waals surface area contributed by atoms with Crippen LogP contribution in [0.3, 0.4) is 0 Å². The van der Waals surface area contributed by atoms with Crippen molar-refractivity contribution in [1.82, 2.24) is 4.98 Å². The molecule has 0 aliphatic heterocycles. The molecule has 17 heavy (non-hydrogen) atoms. The van der Waals surface area contributed by atoms with Crippen molar-refractivity contribution >= 4 is 46.1 Å². The van der Waals surface area contributed by atoms with E-state index in [0.29, 0.717) is 20.6 Å². The molecule has 1 heterocycles. The van der Waals surface area contributed by atoms with Crippen LogP contribution in [-0.4, -0.2) is 10.9 Å². The van der Waals surface area contributed by atoms with Crippen LogP contribution in [0.2, 0.25) is 10.0 Å². The molecule has 1 aromatic heterocycles. The van der Waals surface area contributed by atoms with Gasteiger partial charge in [-0.3, -0.25) is 4.79 Å². The zero-order valence-corrected chi connectivity index (χ0v) is 11.2. The highest BCUT2D eigenvalue weighted by Crippen LogP contribution is 2.26. The summed E-state index contributed by atoms with van der Waals surface area (Å²) < 4.78 is 0. The Kier molecular flexibility index (Phi) is 3.66. The number of rotatable bonds is 2. The minimum absolute atomic E-state index is 0.236. The van der Waals surface area contributed by atoms with Crippen molar-refractivity contribution in [2.75, 3.05) is 5.32 Å². The van der Waals surface area contributed by atoms with Gasteiger partial charge in [-0.15, -0.1) is 11.3 Å².